The molecule has 0 bridgehead atoms. The van der Waals surface area contributed by atoms with E-state index in [1.807, 2.05) is 36.4 Å². The fraction of sp³-hybridized carbons (Fsp3) is 0.333. The van der Waals surface area contributed by atoms with Crippen molar-refractivity contribution in [2.24, 2.45) is 0 Å². The lowest BCUT2D eigenvalue weighted by Crippen LogP contribution is -2.31. The fourth-order valence-corrected chi connectivity index (χ4v) is 4.98. The molecule has 2 aromatic heterocycles. The highest BCUT2D eigenvalue weighted by molar-refractivity contribution is 7.99. The van der Waals surface area contributed by atoms with Crippen LogP contribution in [0.1, 0.15) is 30.8 Å². The first-order valence-corrected chi connectivity index (χ1v) is 13.3. The van der Waals surface area contributed by atoms with Gasteiger partial charge in [-0.25, -0.2) is 4.98 Å². The van der Waals surface area contributed by atoms with E-state index in [-0.39, 0.29) is 17.7 Å². The third-order valence-corrected chi connectivity index (χ3v) is 6.94. The van der Waals surface area contributed by atoms with Gasteiger partial charge in [0.2, 0.25) is 5.91 Å². The standard InChI is InChI=1S/C24H28N6OS2/c1-4-30-23(17-9-7-8-16(2)14-17)28-29-24(30)33-15-21(31)25-20(12-13-32-3)22-26-18-10-5-6-11-19(18)27-22/h5-11,14,20H,4,12-13,15H2,1-3H3,(H,25,31)(H,26,27). The normalized spacial score (nSPS) is 12.2. The van der Waals surface area contributed by atoms with Gasteiger partial charge in [-0.15, -0.1) is 10.2 Å². The molecule has 4 aromatic rings. The highest BCUT2D eigenvalue weighted by Crippen LogP contribution is 2.25. The molecular formula is C24H28N6OS2. The number of benzene rings is 2. The van der Waals surface area contributed by atoms with Crippen LogP contribution >= 0.6 is 23.5 Å². The minimum absolute atomic E-state index is 0.0469. The molecule has 0 aliphatic rings. The van der Waals surface area contributed by atoms with Gasteiger partial charge in [0, 0.05) is 12.1 Å². The maximum atomic E-state index is 12.9. The molecular weight excluding hydrogens is 452 g/mol. The van der Waals surface area contributed by atoms with Crippen molar-refractivity contribution in [2.75, 3.05) is 17.8 Å². The molecule has 0 aliphatic heterocycles. The summed E-state index contributed by atoms with van der Waals surface area (Å²) in [6, 6.07) is 16.0. The molecule has 1 unspecified atom stereocenters. The van der Waals surface area contributed by atoms with Gasteiger partial charge in [0.1, 0.15) is 5.82 Å². The molecule has 7 nitrogen and oxygen atoms in total. The van der Waals surface area contributed by atoms with E-state index < -0.39 is 0 Å². The second kappa shape index (κ2) is 10.9. The number of imidazole rings is 1. The number of aromatic nitrogens is 5. The Balaban J connectivity index is 1.45. The number of aryl methyl sites for hydroxylation is 1. The lowest BCUT2D eigenvalue weighted by molar-refractivity contribution is -0.119. The summed E-state index contributed by atoms with van der Waals surface area (Å²) in [5.41, 5.74) is 4.09. The van der Waals surface area contributed by atoms with E-state index in [2.05, 4.69) is 57.3 Å². The lowest BCUT2D eigenvalue weighted by atomic mass is 10.1. The number of hydrogen-bond donors (Lipinski definition) is 2. The molecule has 0 fully saturated rings. The molecule has 0 radical (unpaired) electrons. The number of amides is 1. The molecule has 2 N–H and O–H groups in total. The van der Waals surface area contributed by atoms with Gasteiger partial charge >= 0.3 is 0 Å². The number of nitrogens with one attached hydrogen (secondary N) is 2. The number of carbonyl (C=O) groups is 1. The predicted octanol–water partition coefficient (Wildman–Crippen LogP) is 4.85. The molecule has 1 amide bonds. The Kier molecular flexibility index (Phi) is 7.72. The summed E-state index contributed by atoms with van der Waals surface area (Å²) in [6.07, 6.45) is 2.87. The van der Waals surface area contributed by atoms with Crippen molar-refractivity contribution in [3.8, 4) is 11.4 Å². The Morgan fingerprint density at radius 1 is 1.18 bits per heavy atom. The summed E-state index contributed by atoms with van der Waals surface area (Å²) in [5, 5.41) is 12.6. The maximum Gasteiger partial charge on any atom is 0.231 e. The topological polar surface area (TPSA) is 88.5 Å². The predicted molar refractivity (Wildman–Crippen MR) is 137 cm³/mol. The van der Waals surface area contributed by atoms with Crippen LogP contribution in [-0.4, -0.2) is 48.4 Å². The van der Waals surface area contributed by atoms with E-state index in [1.165, 1.54) is 17.3 Å². The van der Waals surface area contributed by atoms with Crippen molar-refractivity contribution in [3.05, 3.63) is 59.9 Å². The first-order chi connectivity index (χ1) is 16.1. The number of H-pyrrole nitrogens is 1. The van der Waals surface area contributed by atoms with Crippen molar-refractivity contribution in [3.63, 3.8) is 0 Å². The molecule has 0 spiro atoms. The quantitative estimate of drug-likeness (QED) is 0.315. The molecule has 0 aliphatic carbocycles. The summed E-state index contributed by atoms with van der Waals surface area (Å²) in [6.45, 7) is 4.86. The van der Waals surface area contributed by atoms with Crippen LogP contribution in [0, 0.1) is 6.92 Å². The number of hydrogen-bond acceptors (Lipinski definition) is 6. The van der Waals surface area contributed by atoms with Gasteiger partial charge in [-0.2, -0.15) is 11.8 Å². The van der Waals surface area contributed by atoms with Gasteiger partial charge in [0.25, 0.3) is 0 Å². The zero-order valence-electron chi connectivity index (χ0n) is 19.0. The van der Waals surface area contributed by atoms with E-state index in [4.69, 9.17) is 4.98 Å². The summed E-state index contributed by atoms with van der Waals surface area (Å²) in [7, 11) is 0. The van der Waals surface area contributed by atoms with Crippen molar-refractivity contribution in [1.29, 1.82) is 0 Å². The minimum atomic E-state index is -0.162. The van der Waals surface area contributed by atoms with Crippen molar-refractivity contribution in [2.45, 2.75) is 38.0 Å². The monoisotopic (exact) mass is 480 g/mol. The average Bonchev–Trinajstić information content (AvgIpc) is 3.44. The fourth-order valence-electron chi connectivity index (χ4n) is 3.69. The maximum absolute atomic E-state index is 12.9. The van der Waals surface area contributed by atoms with Gasteiger partial charge in [0.05, 0.1) is 22.8 Å². The molecule has 0 saturated heterocycles. The van der Waals surface area contributed by atoms with Crippen molar-refractivity contribution in [1.82, 2.24) is 30.0 Å². The summed E-state index contributed by atoms with van der Waals surface area (Å²) < 4.78 is 2.05. The molecule has 4 rings (SSSR count). The Labute approximate surface area is 202 Å². The van der Waals surface area contributed by atoms with Gasteiger partial charge in [-0.3, -0.25) is 4.79 Å². The van der Waals surface area contributed by atoms with Crippen molar-refractivity contribution >= 4 is 40.5 Å². The molecule has 1 atom stereocenters. The van der Waals surface area contributed by atoms with Crippen LogP contribution in [0.15, 0.2) is 53.7 Å². The number of rotatable bonds is 10. The minimum Gasteiger partial charge on any atom is -0.345 e. The second-order valence-corrected chi connectivity index (χ2v) is 9.68. The third-order valence-electron chi connectivity index (χ3n) is 5.33. The van der Waals surface area contributed by atoms with E-state index >= 15 is 0 Å². The first kappa shape index (κ1) is 23.4. The first-order valence-electron chi connectivity index (χ1n) is 10.9. The van der Waals surface area contributed by atoms with E-state index in [9.17, 15) is 4.79 Å². The molecule has 33 heavy (non-hydrogen) atoms. The van der Waals surface area contributed by atoms with E-state index in [0.29, 0.717) is 0 Å². The lowest BCUT2D eigenvalue weighted by Gasteiger charge is -2.16. The third kappa shape index (κ3) is 5.59. The van der Waals surface area contributed by atoms with Crippen LogP contribution in [0.5, 0.6) is 0 Å². The van der Waals surface area contributed by atoms with Crippen LogP contribution in [0.4, 0.5) is 0 Å². The zero-order chi connectivity index (χ0) is 23.2. The SMILES string of the molecule is CCn1c(SCC(=O)NC(CCSC)c2nc3ccccc3[nH]2)nnc1-c1cccc(C)c1. The Morgan fingerprint density at radius 3 is 2.79 bits per heavy atom. The number of para-hydroxylation sites is 2. The summed E-state index contributed by atoms with van der Waals surface area (Å²) in [4.78, 5) is 20.9. The van der Waals surface area contributed by atoms with E-state index in [0.717, 1.165) is 52.1 Å². The number of fused-ring (bicyclic) bond motifs is 1. The number of aromatic amines is 1. The van der Waals surface area contributed by atoms with Gasteiger partial charge < -0.3 is 14.9 Å². The Bertz CT molecular complexity index is 1200. The Morgan fingerprint density at radius 2 is 2.03 bits per heavy atom. The Hall–Kier alpha value is -2.78. The zero-order valence-corrected chi connectivity index (χ0v) is 20.7. The number of carbonyl (C=O) groups excluding carboxylic acids is 1. The van der Waals surface area contributed by atoms with Gasteiger partial charge in [-0.05, 0) is 50.5 Å². The number of thioether (sulfide) groups is 2. The van der Waals surface area contributed by atoms with Gasteiger partial charge in [-0.1, -0.05) is 47.7 Å². The average molecular weight is 481 g/mol. The molecule has 0 saturated carbocycles. The highest BCUT2D eigenvalue weighted by atomic mass is 32.2. The number of nitrogens with zero attached hydrogens (tertiary/aromatic N) is 4. The smallest absolute Gasteiger partial charge is 0.231 e. The molecule has 2 heterocycles. The molecule has 2 aromatic carbocycles. The molecule has 9 heteroatoms. The van der Waals surface area contributed by atoms with Crippen LogP contribution in [0.2, 0.25) is 0 Å². The van der Waals surface area contributed by atoms with E-state index in [1.54, 1.807) is 11.8 Å². The molecule has 172 valence electrons. The summed E-state index contributed by atoms with van der Waals surface area (Å²) in [5.74, 6) is 2.77. The van der Waals surface area contributed by atoms with Crippen molar-refractivity contribution < 1.29 is 4.79 Å². The second-order valence-electron chi connectivity index (χ2n) is 7.75. The summed E-state index contributed by atoms with van der Waals surface area (Å²) >= 11 is 3.16. The largest absolute Gasteiger partial charge is 0.345 e. The highest BCUT2D eigenvalue weighted by Gasteiger charge is 2.20. The van der Waals surface area contributed by atoms with Crippen LogP contribution in [-0.2, 0) is 11.3 Å². The van der Waals surface area contributed by atoms with Crippen LogP contribution in [0.25, 0.3) is 22.4 Å². The van der Waals surface area contributed by atoms with Crippen LogP contribution in [0.3, 0.4) is 0 Å². The van der Waals surface area contributed by atoms with Gasteiger partial charge in [0.15, 0.2) is 11.0 Å². The van der Waals surface area contributed by atoms with Crippen LogP contribution < -0.4 is 5.32 Å².